The predicted octanol–water partition coefficient (Wildman–Crippen LogP) is 4.72. The number of hydrogen-bond donors (Lipinski definition) is 0. The molecule has 2 aromatic carbocycles. The third-order valence-electron chi connectivity index (χ3n) is 5.38. The van der Waals surface area contributed by atoms with E-state index in [0.29, 0.717) is 0 Å². The number of rotatable bonds is 5. The minimum atomic E-state index is 0.944. The van der Waals surface area contributed by atoms with Gasteiger partial charge in [-0.05, 0) is 73.8 Å². The van der Waals surface area contributed by atoms with Gasteiger partial charge in [0.05, 0.1) is 7.11 Å². The Morgan fingerprint density at radius 2 is 1.84 bits per heavy atom. The normalized spacial score (nSPS) is 15.1. The Balaban J connectivity index is 1.65. The van der Waals surface area contributed by atoms with Gasteiger partial charge in [-0.15, -0.1) is 0 Å². The van der Waals surface area contributed by atoms with Crippen molar-refractivity contribution in [3.63, 3.8) is 0 Å². The molecule has 130 valence electrons. The fourth-order valence-corrected chi connectivity index (χ4v) is 3.97. The summed E-state index contributed by atoms with van der Waals surface area (Å²) in [6.07, 6.45) is 4.95. The molecule has 0 saturated carbocycles. The zero-order valence-electron chi connectivity index (χ0n) is 15.2. The summed E-state index contributed by atoms with van der Waals surface area (Å²) in [4.78, 5) is 2.57. The van der Waals surface area contributed by atoms with Crippen molar-refractivity contribution in [3.05, 3.63) is 54.2 Å². The molecular weight excluding hydrogens is 308 g/mol. The summed E-state index contributed by atoms with van der Waals surface area (Å²) in [7, 11) is 1.73. The van der Waals surface area contributed by atoms with Gasteiger partial charge in [-0.25, -0.2) is 0 Å². The average molecular weight is 334 g/mol. The van der Waals surface area contributed by atoms with Crippen molar-refractivity contribution in [1.29, 1.82) is 0 Å². The Morgan fingerprint density at radius 3 is 2.60 bits per heavy atom. The lowest BCUT2D eigenvalue weighted by atomic mass is 10.00. The number of likely N-dealkylation sites (tertiary alicyclic amines) is 1. The van der Waals surface area contributed by atoms with E-state index in [9.17, 15) is 0 Å². The first-order chi connectivity index (χ1) is 12.3. The second-order valence-corrected chi connectivity index (χ2v) is 6.98. The summed E-state index contributed by atoms with van der Waals surface area (Å²) in [5.74, 6) is 0.944. The van der Waals surface area contributed by atoms with E-state index in [-0.39, 0.29) is 0 Å². The molecule has 1 aliphatic heterocycles. The maximum Gasteiger partial charge on any atom is 0.121 e. The molecule has 3 nitrogen and oxygen atoms in total. The zero-order valence-corrected chi connectivity index (χ0v) is 15.2. The van der Waals surface area contributed by atoms with Gasteiger partial charge >= 0.3 is 0 Å². The molecule has 0 N–H and O–H groups in total. The first-order valence-electron chi connectivity index (χ1n) is 9.21. The lowest BCUT2D eigenvalue weighted by Gasteiger charge is -2.15. The van der Waals surface area contributed by atoms with E-state index in [1.54, 1.807) is 7.11 Å². The number of aromatic nitrogens is 1. The molecule has 1 fully saturated rings. The molecule has 0 unspecified atom stereocenters. The second-order valence-electron chi connectivity index (χ2n) is 6.98. The molecule has 0 aliphatic carbocycles. The van der Waals surface area contributed by atoms with Crippen LogP contribution in [0.15, 0.2) is 48.7 Å². The minimum absolute atomic E-state index is 0.944. The lowest BCUT2D eigenvalue weighted by molar-refractivity contribution is 0.324. The Kier molecular flexibility index (Phi) is 4.50. The highest BCUT2D eigenvalue weighted by molar-refractivity contribution is 5.95. The lowest BCUT2D eigenvalue weighted by Crippen LogP contribution is -2.23. The van der Waals surface area contributed by atoms with Crippen LogP contribution in [0.3, 0.4) is 0 Å². The van der Waals surface area contributed by atoms with Crippen molar-refractivity contribution < 1.29 is 4.74 Å². The molecule has 25 heavy (non-hydrogen) atoms. The average Bonchev–Trinajstić information content (AvgIpc) is 3.29. The summed E-state index contributed by atoms with van der Waals surface area (Å²) in [5, 5.41) is 1.33. The van der Waals surface area contributed by atoms with Crippen molar-refractivity contribution in [2.24, 2.45) is 0 Å². The third kappa shape index (κ3) is 3.16. The molecule has 0 spiro atoms. The van der Waals surface area contributed by atoms with Crippen LogP contribution in [0.25, 0.3) is 22.0 Å². The van der Waals surface area contributed by atoms with E-state index >= 15 is 0 Å². The molecular formula is C22H26N2O. The second kappa shape index (κ2) is 6.93. The van der Waals surface area contributed by atoms with Gasteiger partial charge in [0.15, 0.2) is 0 Å². The summed E-state index contributed by atoms with van der Waals surface area (Å²) >= 11 is 0. The minimum Gasteiger partial charge on any atom is -0.496 e. The molecule has 0 bridgehead atoms. The van der Waals surface area contributed by atoms with Crippen LogP contribution in [0.2, 0.25) is 0 Å². The highest BCUT2D eigenvalue weighted by Crippen LogP contribution is 2.32. The Bertz CT molecular complexity index is 875. The number of methoxy groups -OCH3 is 1. The largest absolute Gasteiger partial charge is 0.496 e. The van der Waals surface area contributed by atoms with Crippen molar-refractivity contribution in [2.45, 2.75) is 26.3 Å². The molecule has 4 rings (SSSR count). The van der Waals surface area contributed by atoms with Gasteiger partial charge in [0.1, 0.15) is 5.75 Å². The topological polar surface area (TPSA) is 17.4 Å². The van der Waals surface area contributed by atoms with Crippen LogP contribution in [-0.4, -0.2) is 36.2 Å². The first-order valence-corrected chi connectivity index (χ1v) is 9.21. The summed E-state index contributed by atoms with van der Waals surface area (Å²) in [6.45, 7) is 6.83. The van der Waals surface area contributed by atoms with E-state index in [2.05, 4.69) is 65.1 Å². The van der Waals surface area contributed by atoms with E-state index in [1.165, 1.54) is 53.5 Å². The third-order valence-corrected chi connectivity index (χ3v) is 5.38. The smallest absolute Gasteiger partial charge is 0.121 e. The van der Waals surface area contributed by atoms with Crippen LogP contribution in [0.4, 0.5) is 0 Å². The number of hydrogen-bond acceptors (Lipinski definition) is 2. The van der Waals surface area contributed by atoms with Crippen LogP contribution in [-0.2, 0) is 6.54 Å². The number of benzene rings is 2. The molecule has 0 atom stereocenters. The highest BCUT2D eigenvalue weighted by Gasteiger charge is 2.13. The molecule has 1 saturated heterocycles. The first kappa shape index (κ1) is 16.2. The number of ether oxygens (including phenoxy) is 1. The number of fused-ring (bicyclic) bond motifs is 1. The molecule has 0 amide bonds. The summed E-state index contributed by atoms with van der Waals surface area (Å²) in [6, 6.07) is 15.3. The maximum atomic E-state index is 5.40. The molecule has 0 radical (unpaired) electrons. The Hall–Kier alpha value is -2.26. The van der Waals surface area contributed by atoms with Gasteiger partial charge in [0, 0.05) is 30.2 Å². The van der Waals surface area contributed by atoms with Crippen LogP contribution < -0.4 is 4.74 Å². The SMILES string of the molecule is COc1ccc(-c2cccc3c2ccn3CCN2CCCC2)cc1C. The van der Waals surface area contributed by atoms with Gasteiger partial charge in [-0.1, -0.05) is 18.2 Å². The van der Waals surface area contributed by atoms with Gasteiger partial charge in [-0.2, -0.15) is 0 Å². The van der Waals surface area contributed by atoms with Crippen LogP contribution >= 0.6 is 0 Å². The van der Waals surface area contributed by atoms with Crippen LogP contribution in [0, 0.1) is 6.92 Å². The number of aryl methyl sites for hydroxylation is 1. The molecule has 2 heterocycles. The van der Waals surface area contributed by atoms with E-state index in [0.717, 1.165) is 18.8 Å². The van der Waals surface area contributed by atoms with Gasteiger partial charge < -0.3 is 14.2 Å². The highest BCUT2D eigenvalue weighted by atomic mass is 16.5. The standard InChI is InChI=1S/C22H26N2O/c1-17-16-18(8-9-22(17)25-2)19-6-5-7-21-20(19)10-13-24(21)15-14-23-11-3-4-12-23/h5-10,13,16H,3-4,11-12,14-15H2,1-2H3. The molecule has 1 aromatic heterocycles. The van der Waals surface area contributed by atoms with Crippen molar-refractivity contribution >= 4 is 10.9 Å². The molecule has 3 heteroatoms. The predicted molar refractivity (Wildman–Crippen MR) is 104 cm³/mol. The van der Waals surface area contributed by atoms with Gasteiger partial charge in [0.25, 0.3) is 0 Å². The molecule has 1 aliphatic rings. The van der Waals surface area contributed by atoms with E-state index in [1.807, 2.05) is 0 Å². The Morgan fingerprint density at radius 1 is 1.00 bits per heavy atom. The zero-order chi connectivity index (χ0) is 17.2. The van der Waals surface area contributed by atoms with Crippen molar-refractivity contribution in [1.82, 2.24) is 9.47 Å². The van der Waals surface area contributed by atoms with Crippen molar-refractivity contribution in [2.75, 3.05) is 26.7 Å². The van der Waals surface area contributed by atoms with E-state index in [4.69, 9.17) is 4.74 Å². The van der Waals surface area contributed by atoms with Crippen LogP contribution in [0.1, 0.15) is 18.4 Å². The van der Waals surface area contributed by atoms with Crippen LogP contribution in [0.5, 0.6) is 5.75 Å². The number of nitrogens with zero attached hydrogens (tertiary/aromatic N) is 2. The van der Waals surface area contributed by atoms with E-state index < -0.39 is 0 Å². The van der Waals surface area contributed by atoms with Gasteiger partial charge in [0.2, 0.25) is 0 Å². The fourth-order valence-electron chi connectivity index (χ4n) is 3.97. The maximum absolute atomic E-state index is 5.40. The monoisotopic (exact) mass is 334 g/mol. The quantitative estimate of drug-likeness (QED) is 0.671. The van der Waals surface area contributed by atoms with Crippen molar-refractivity contribution in [3.8, 4) is 16.9 Å². The fraction of sp³-hybridized carbons (Fsp3) is 0.364. The summed E-state index contributed by atoms with van der Waals surface area (Å²) in [5.41, 5.74) is 5.04. The summed E-state index contributed by atoms with van der Waals surface area (Å²) < 4.78 is 7.80. The van der Waals surface area contributed by atoms with Gasteiger partial charge in [-0.3, -0.25) is 0 Å². The Labute approximate surface area is 149 Å². The molecule has 3 aromatic rings.